The topological polar surface area (TPSA) is 90.7 Å². The second kappa shape index (κ2) is 17.5. The number of aromatic nitrogens is 2. The Balaban J connectivity index is 0.000000287. The van der Waals surface area contributed by atoms with E-state index in [0.717, 1.165) is 28.8 Å². The summed E-state index contributed by atoms with van der Waals surface area (Å²) in [5, 5.41) is 5.05. The number of carbonyl (C=O) groups is 3. The fourth-order valence-corrected chi connectivity index (χ4v) is 5.50. The summed E-state index contributed by atoms with van der Waals surface area (Å²) in [5.41, 5.74) is 6.41. The standard InChI is InChI=1S/C22H20Cl2N2O3.C14H20ClNO2/c1-12-5-7-15(8-6-12)18(27)11-29-22-19(14(3)25-26(22)4)21(28)16-9-10-17(23)13(2)20(16)24;1-4-12-8-6-7-11(3)14(12)16(10-18-5-2)13(17)9-15/h5-10H,11H2,1-4H3;6-8H,4-5,9-10H2,1-3H3. The molecule has 4 aromatic rings. The Kier molecular flexibility index (Phi) is 14.0. The molecule has 0 radical (unpaired) electrons. The highest BCUT2D eigenvalue weighted by Crippen LogP contribution is 2.32. The van der Waals surface area contributed by atoms with Gasteiger partial charge in [-0.2, -0.15) is 5.10 Å². The summed E-state index contributed by atoms with van der Waals surface area (Å²) in [6, 6.07) is 16.5. The Labute approximate surface area is 291 Å². The van der Waals surface area contributed by atoms with E-state index in [1.54, 1.807) is 50.1 Å². The maximum atomic E-state index is 13.2. The van der Waals surface area contributed by atoms with Crippen LogP contribution in [0.2, 0.25) is 10.0 Å². The number of nitrogens with zero attached hydrogens (tertiary/aromatic N) is 3. The molecule has 0 N–H and O–H groups in total. The molecule has 11 heteroatoms. The smallest absolute Gasteiger partial charge is 0.243 e. The normalized spacial score (nSPS) is 10.7. The molecule has 0 aliphatic carbocycles. The lowest BCUT2D eigenvalue weighted by atomic mass is 10.0. The van der Waals surface area contributed by atoms with Crippen LogP contribution in [0.4, 0.5) is 5.69 Å². The molecule has 250 valence electrons. The summed E-state index contributed by atoms with van der Waals surface area (Å²) in [7, 11) is 1.66. The first-order valence-electron chi connectivity index (χ1n) is 15.1. The van der Waals surface area contributed by atoms with Gasteiger partial charge in [-0.05, 0) is 69.9 Å². The van der Waals surface area contributed by atoms with Crippen molar-refractivity contribution in [2.24, 2.45) is 7.05 Å². The minimum absolute atomic E-state index is 0.0371. The molecule has 1 amide bonds. The van der Waals surface area contributed by atoms with Crippen LogP contribution in [-0.2, 0) is 23.0 Å². The molecule has 0 atom stereocenters. The Morgan fingerprint density at radius 3 is 2.23 bits per heavy atom. The first kappa shape index (κ1) is 37.8. The summed E-state index contributed by atoms with van der Waals surface area (Å²) >= 11 is 18.1. The molecule has 4 rings (SSSR count). The molecule has 0 fully saturated rings. The number of halogens is 3. The molecule has 8 nitrogen and oxygen atoms in total. The number of para-hydroxylation sites is 1. The average Bonchev–Trinajstić information content (AvgIpc) is 3.35. The third-order valence-electron chi connectivity index (χ3n) is 7.49. The average molecular weight is 701 g/mol. The van der Waals surface area contributed by atoms with E-state index in [1.165, 1.54) is 4.68 Å². The predicted molar refractivity (Wildman–Crippen MR) is 189 cm³/mol. The fraction of sp³-hybridized carbons (Fsp3) is 0.333. The lowest BCUT2D eigenvalue weighted by molar-refractivity contribution is -0.117. The van der Waals surface area contributed by atoms with Crippen molar-refractivity contribution in [2.45, 2.75) is 48.0 Å². The van der Waals surface area contributed by atoms with E-state index in [2.05, 4.69) is 12.0 Å². The molecule has 0 saturated heterocycles. The van der Waals surface area contributed by atoms with Crippen molar-refractivity contribution in [1.82, 2.24) is 9.78 Å². The molecule has 3 aromatic carbocycles. The first-order chi connectivity index (χ1) is 22.4. The third-order valence-corrected chi connectivity index (χ3v) is 8.61. The summed E-state index contributed by atoms with van der Waals surface area (Å²) in [4.78, 5) is 39.2. The van der Waals surface area contributed by atoms with E-state index in [4.69, 9.17) is 44.3 Å². The van der Waals surface area contributed by atoms with E-state index in [0.29, 0.717) is 34.0 Å². The van der Waals surface area contributed by atoms with Gasteiger partial charge in [-0.25, -0.2) is 4.68 Å². The molecule has 1 heterocycles. The van der Waals surface area contributed by atoms with Crippen molar-refractivity contribution in [3.63, 3.8) is 0 Å². The second-order valence-electron chi connectivity index (χ2n) is 10.8. The van der Waals surface area contributed by atoms with Crippen molar-refractivity contribution >= 4 is 58.0 Å². The number of aryl methyl sites for hydroxylation is 5. The van der Waals surface area contributed by atoms with Crippen LogP contribution in [-0.4, -0.2) is 53.1 Å². The van der Waals surface area contributed by atoms with Gasteiger partial charge in [0.1, 0.15) is 18.2 Å². The monoisotopic (exact) mass is 699 g/mol. The van der Waals surface area contributed by atoms with Gasteiger partial charge in [0.2, 0.25) is 17.6 Å². The number of anilines is 1. The van der Waals surface area contributed by atoms with Crippen molar-refractivity contribution in [1.29, 1.82) is 0 Å². The van der Waals surface area contributed by atoms with Crippen molar-refractivity contribution in [3.05, 3.63) is 109 Å². The minimum atomic E-state index is -0.335. The lowest BCUT2D eigenvalue weighted by Crippen LogP contribution is -2.35. The van der Waals surface area contributed by atoms with Gasteiger partial charge >= 0.3 is 0 Å². The Bertz CT molecular complexity index is 1730. The van der Waals surface area contributed by atoms with Crippen LogP contribution in [0.15, 0.2) is 54.6 Å². The maximum absolute atomic E-state index is 13.2. The second-order valence-corrected chi connectivity index (χ2v) is 11.9. The van der Waals surface area contributed by atoms with E-state index in [1.807, 2.05) is 51.1 Å². The van der Waals surface area contributed by atoms with Gasteiger partial charge in [-0.15, -0.1) is 11.6 Å². The highest BCUT2D eigenvalue weighted by atomic mass is 35.5. The zero-order valence-corrected chi connectivity index (χ0v) is 30.0. The molecule has 0 unspecified atom stereocenters. The van der Waals surface area contributed by atoms with Crippen molar-refractivity contribution in [2.75, 3.05) is 30.7 Å². The van der Waals surface area contributed by atoms with Gasteiger partial charge in [0, 0.05) is 29.8 Å². The molecule has 1 aromatic heterocycles. The molecule has 0 saturated carbocycles. The molecular weight excluding hydrogens is 661 g/mol. The molecule has 0 aliphatic rings. The number of carbonyl (C=O) groups excluding carboxylic acids is 3. The van der Waals surface area contributed by atoms with Gasteiger partial charge in [-0.3, -0.25) is 19.3 Å². The van der Waals surface area contributed by atoms with Crippen LogP contribution in [0.5, 0.6) is 5.88 Å². The van der Waals surface area contributed by atoms with Crippen LogP contribution < -0.4 is 9.64 Å². The number of hydrogen-bond acceptors (Lipinski definition) is 6. The third kappa shape index (κ3) is 9.23. The summed E-state index contributed by atoms with van der Waals surface area (Å²) in [6.45, 7) is 12.0. The van der Waals surface area contributed by atoms with E-state index >= 15 is 0 Å². The highest BCUT2D eigenvalue weighted by Gasteiger charge is 2.26. The number of hydrogen-bond donors (Lipinski definition) is 0. The first-order valence-corrected chi connectivity index (χ1v) is 16.4. The number of rotatable bonds is 12. The Morgan fingerprint density at radius 1 is 0.936 bits per heavy atom. The predicted octanol–water partition coefficient (Wildman–Crippen LogP) is 8.27. The molecular formula is C36H40Cl3N3O5. The number of benzene rings is 3. The quantitative estimate of drug-likeness (QED) is 0.0840. The van der Waals surface area contributed by atoms with Gasteiger partial charge in [0.05, 0.1) is 16.4 Å². The summed E-state index contributed by atoms with van der Waals surface area (Å²) in [5.74, 6) is -0.476. The minimum Gasteiger partial charge on any atom is -0.469 e. The van der Waals surface area contributed by atoms with Crippen LogP contribution in [0, 0.1) is 27.7 Å². The number of ether oxygens (including phenoxy) is 2. The van der Waals surface area contributed by atoms with E-state index < -0.39 is 0 Å². The number of ketones is 2. The number of Topliss-reactive ketones (excluding diaryl/α,β-unsaturated/α-hetero) is 1. The van der Waals surface area contributed by atoms with Crippen molar-refractivity contribution in [3.8, 4) is 5.88 Å². The van der Waals surface area contributed by atoms with Gasteiger partial charge in [-0.1, -0.05) is 78.2 Å². The van der Waals surface area contributed by atoms with Gasteiger partial charge in [0.15, 0.2) is 12.4 Å². The Morgan fingerprint density at radius 2 is 1.62 bits per heavy atom. The zero-order valence-electron chi connectivity index (χ0n) is 27.7. The lowest BCUT2D eigenvalue weighted by Gasteiger charge is -2.25. The van der Waals surface area contributed by atoms with Crippen molar-refractivity contribution < 1.29 is 23.9 Å². The van der Waals surface area contributed by atoms with E-state index in [9.17, 15) is 14.4 Å². The van der Waals surface area contributed by atoms with Crippen LogP contribution in [0.25, 0.3) is 0 Å². The molecule has 47 heavy (non-hydrogen) atoms. The van der Waals surface area contributed by atoms with Crippen LogP contribution in [0.1, 0.15) is 68.1 Å². The van der Waals surface area contributed by atoms with Gasteiger partial charge in [0.25, 0.3) is 0 Å². The molecule has 0 spiro atoms. The van der Waals surface area contributed by atoms with Crippen LogP contribution in [0.3, 0.4) is 0 Å². The number of amides is 1. The highest BCUT2D eigenvalue weighted by molar-refractivity contribution is 6.39. The Hall–Kier alpha value is -3.69. The largest absolute Gasteiger partial charge is 0.469 e. The zero-order chi connectivity index (χ0) is 34.8. The van der Waals surface area contributed by atoms with Crippen LogP contribution >= 0.6 is 34.8 Å². The molecule has 0 aliphatic heterocycles. The number of alkyl halides is 1. The van der Waals surface area contributed by atoms with Gasteiger partial charge < -0.3 is 9.47 Å². The summed E-state index contributed by atoms with van der Waals surface area (Å²) < 4.78 is 12.6. The summed E-state index contributed by atoms with van der Waals surface area (Å²) in [6.07, 6.45) is 0.870. The maximum Gasteiger partial charge on any atom is 0.243 e. The van der Waals surface area contributed by atoms with E-state index in [-0.39, 0.29) is 53.2 Å². The fourth-order valence-electron chi connectivity index (χ4n) is 4.90. The molecule has 0 bridgehead atoms. The SMILES string of the molecule is CCOCN(C(=O)CCl)c1c(C)cccc1CC.Cc1ccc(C(=O)COc2c(C(=O)c3ccc(Cl)c(C)c3Cl)c(C)nn2C)cc1.